The lowest BCUT2D eigenvalue weighted by Crippen LogP contribution is -2.33. The molecule has 3 N–H and O–H groups in total. The van der Waals surface area contributed by atoms with E-state index in [0.717, 1.165) is 54.7 Å². The summed E-state index contributed by atoms with van der Waals surface area (Å²) in [6.45, 7) is 1.83. The molecule has 1 aliphatic carbocycles. The van der Waals surface area contributed by atoms with E-state index in [2.05, 4.69) is 80.6 Å². The summed E-state index contributed by atoms with van der Waals surface area (Å²) >= 11 is 6.60. The van der Waals surface area contributed by atoms with Gasteiger partial charge in [0.1, 0.15) is 5.65 Å². The van der Waals surface area contributed by atoms with Gasteiger partial charge < -0.3 is 10.8 Å². The molecule has 2 aromatic carbocycles. The van der Waals surface area contributed by atoms with Gasteiger partial charge in [0, 0.05) is 48.4 Å². The Morgan fingerprint density at radius 2 is 1.67 bits per heavy atom. The lowest BCUT2D eigenvalue weighted by Gasteiger charge is -2.29. The number of hydrogen-bond acceptors (Lipinski definition) is 4. The molecule has 2 aromatic heterocycles. The van der Waals surface area contributed by atoms with E-state index in [1.807, 2.05) is 12.3 Å². The van der Waals surface area contributed by atoms with Crippen molar-refractivity contribution in [3.05, 3.63) is 101 Å². The van der Waals surface area contributed by atoms with Gasteiger partial charge in [0.25, 0.3) is 0 Å². The van der Waals surface area contributed by atoms with Crippen LogP contribution in [0.5, 0.6) is 0 Å². The van der Waals surface area contributed by atoms with Crippen molar-refractivity contribution >= 4 is 28.3 Å². The fourth-order valence-corrected chi connectivity index (χ4v) is 5.35. The first-order valence-electron chi connectivity index (χ1n) is 11.4. The minimum atomic E-state index is 0.257. The highest BCUT2D eigenvalue weighted by Gasteiger charge is 2.34. The van der Waals surface area contributed by atoms with E-state index < -0.39 is 0 Å². The standard InChI is InChI=1S/C27H28ClN5/c28-24-16-31-27-23(13-14-30-27)25(24)26(32-29)21-11-12-22(15-21)33(17-19-7-3-1-4-8-19)18-20-9-5-2-6-10-20/h1-10,13-14,16,21-22H,11-12,15,17-18,29H2,(H,30,31)/t21?,22-/m0/s1. The number of hydrogen-bond donors (Lipinski definition) is 2. The van der Waals surface area contributed by atoms with E-state index in [1.165, 1.54) is 11.1 Å². The number of halogens is 1. The summed E-state index contributed by atoms with van der Waals surface area (Å²) in [5, 5.41) is 5.83. The third-order valence-electron chi connectivity index (χ3n) is 6.70. The lowest BCUT2D eigenvalue weighted by atomic mass is 9.93. The van der Waals surface area contributed by atoms with Crippen LogP contribution < -0.4 is 5.84 Å². The molecule has 1 saturated carbocycles. The number of benzene rings is 2. The molecule has 6 heteroatoms. The first-order chi connectivity index (χ1) is 16.2. The molecule has 0 radical (unpaired) electrons. The normalized spacial score (nSPS) is 18.9. The minimum Gasteiger partial charge on any atom is -0.346 e. The number of aromatic nitrogens is 2. The number of nitrogens with zero attached hydrogens (tertiary/aromatic N) is 3. The average molecular weight is 458 g/mol. The fourth-order valence-electron chi connectivity index (χ4n) is 5.11. The van der Waals surface area contributed by atoms with Crippen LogP contribution in [0, 0.1) is 5.92 Å². The van der Waals surface area contributed by atoms with Crippen molar-refractivity contribution in [1.29, 1.82) is 0 Å². The van der Waals surface area contributed by atoms with E-state index in [4.69, 9.17) is 17.4 Å². The lowest BCUT2D eigenvalue weighted by molar-refractivity contribution is 0.179. The number of rotatable bonds is 7. The average Bonchev–Trinajstić information content (AvgIpc) is 3.52. The van der Waals surface area contributed by atoms with Gasteiger partial charge in [-0.1, -0.05) is 72.3 Å². The number of hydrazone groups is 1. The number of fused-ring (bicyclic) bond motifs is 1. The molecule has 1 unspecified atom stereocenters. The molecule has 4 aromatic rings. The molecule has 0 bridgehead atoms. The van der Waals surface area contributed by atoms with Gasteiger partial charge >= 0.3 is 0 Å². The van der Waals surface area contributed by atoms with Crippen LogP contribution >= 0.6 is 11.6 Å². The van der Waals surface area contributed by atoms with Crippen LogP contribution in [0.2, 0.25) is 5.02 Å². The fraction of sp³-hybridized carbons (Fsp3) is 0.259. The molecule has 2 atom stereocenters. The van der Waals surface area contributed by atoms with Crippen LogP contribution in [0.3, 0.4) is 0 Å². The van der Waals surface area contributed by atoms with Crippen molar-refractivity contribution in [3.8, 4) is 0 Å². The zero-order valence-corrected chi connectivity index (χ0v) is 19.2. The van der Waals surface area contributed by atoms with Crippen LogP contribution in [0.15, 0.2) is 84.2 Å². The van der Waals surface area contributed by atoms with E-state index in [1.54, 1.807) is 6.20 Å². The minimum absolute atomic E-state index is 0.257. The molecular weight excluding hydrogens is 430 g/mol. The molecule has 0 saturated heterocycles. The highest BCUT2D eigenvalue weighted by molar-refractivity contribution is 6.36. The van der Waals surface area contributed by atoms with Crippen molar-refractivity contribution in [2.45, 2.75) is 38.4 Å². The predicted molar refractivity (Wildman–Crippen MR) is 135 cm³/mol. The Labute approximate surface area is 199 Å². The Morgan fingerprint density at radius 1 is 1.00 bits per heavy atom. The molecule has 33 heavy (non-hydrogen) atoms. The summed E-state index contributed by atoms with van der Waals surface area (Å²) in [4.78, 5) is 10.2. The molecule has 5 nitrogen and oxygen atoms in total. The van der Waals surface area contributed by atoms with Crippen LogP contribution in [0.4, 0.5) is 0 Å². The smallest absolute Gasteiger partial charge is 0.137 e. The maximum atomic E-state index is 6.60. The van der Waals surface area contributed by atoms with Crippen molar-refractivity contribution in [2.24, 2.45) is 16.9 Å². The first kappa shape index (κ1) is 21.7. The second-order valence-corrected chi connectivity index (χ2v) is 9.18. The van der Waals surface area contributed by atoms with Crippen molar-refractivity contribution < 1.29 is 0 Å². The third-order valence-corrected chi connectivity index (χ3v) is 6.99. The van der Waals surface area contributed by atoms with E-state index in [-0.39, 0.29) is 5.92 Å². The number of aromatic amines is 1. The van der Waals surface area contributed by atoms with Gasteiger partial charge in [0.2, 0.25) is 0 Å². The molecule has 1 aliphatic rings. The van der Waals surface area contributed by atoms with Crippen LogP contribution in [-0.4, -0.2) is 26.6 Å². The number of H-pyrrole nitrogens is 1. The summed E-state index contributed by atoms with van der Waals surface area (Å²) in [6.07, 6.45) is 6.70. The van der Waals surface area contributed by atoms with Gasteiger partial charge in [0.05, 0.1) is 10.7 Å². The second kappa shape index (κ2) is 9.77. The number of nitrogens with two attached hydrogens (primary N) is 1. The Morgan fingerprint density at radius 3 is 2.30 bits per heavy atom. The SMILES string of the molecule is NN=C(c1c(Cl)cnc2[nH]ccc12)C1CC[C@H](N(Cc2ccccc2)Cc2ccccc2)C1. The van der Waals surface area contributed by atoms with Crippen molar-refractivity contribution in [3.63, 3.8) is 0 Å². The Bertz CT molecular complexity index is 1190. The highest BCUT2D eigenvalue weighted by Crippen LogP contribution is 2.36. The molecule has 0 amide bonds. The third kappa shape index (κ3) is 4.65. The van der Waals surface area contributed by atoms with E-state index >= 15 is 0 Å². The van der Waals surface area contributed by atoms with Crippen molar-refractivity contribution in [1.82, 2.24) is 14.9 Å². The van der Waals surface area contributed by atoms with Gasteiger partial charge in [-0.2, -0.15) is 5.10 Å². The predicted octanol–water partition coefficient (Wildman–Crippen LogP) is 5.75. The Kier molecular flexibility index (Phi) is 6.42. The first-order valence-corrected chi connectivity index (χ1v) is 11.8. The summed E-state index contributed by atoms with van der Waals surface area (Å²) in [7, 11) is 0. The summed E-state index contributed by atoms with van der Waals surface area (Å²) in [6, 6.07) is 23.8. The van der Waals surface area contributed by atoms with E-state index in [9.17, 15) is 0 Å². The largest absolute Gasteiger partial charge is 0.346 e. The van der Waals surface area contributed by atoms with Gasteiger partial charge in [-0.05, 0) is 36.5 Å². The van der Waals surface area contributed by atoms with Gasteiger partial charge in [0.15, 0.2) is 0 Å². The quantitative estimate of drug-likeness (QED) is 0.211. The van der Waals surface area contributed by atoms with Crippen LogP contribution in [0.25, 0.3) is 11.0 Å². The maximum absolute atomic E-state index is 6.60. The summed E-state index contributed by atoms with van der Waals surface area (Å²) < 4.78 is 0. The van der Waals surface area contributed by atoms with Crippen molar-refractivity contribution in [2.75, 3.05) is 0 Å². The van der Waals surface area contributed by atoms with Gasteiger partial charge in [-0.25, -0.2) is 4.98 Å². The molecule has 0 aliphatic heterocycles. The number of nitrogens with one attached hydrogen (secondary N) is 1. The zero-order valence-electron chi connectivity index (χ0n) is 18.5. The van der Waals surface area contributed by atoms with Crippen LogP contribution in [-0.2, 0) is 13.1 Å². The van der Waals surface area contributed by atoms with Gasteiger partial charge in [-0.15, -0.1) is 0 Å². The molecule has 0 spiro atoms. The Hall–Kier alpha value is -3.15. The highest BCUT2D eigenvalue weighted by atomic mass is 35.5. The zero-order chi connectivity index (χ0) is 22.6. The topological polar surface area (TPSA) is 70.3 Å². The summed E-state index contributed by atoms with van der Waals surface area (Å²) in [5.74, 6) is 6.22. The second-order valence-electron chi connectivity index (χ2n) is 8.78. The number of pyridine rings is 1. The maximum Gasteiger partial charge on any atom is 0.137 e. The summed E-state index contributed by atoms with van der Waals surface area (Å²) in [5.41, 5.74) is 5.26. The van der Waals surface area contributed by atoms with E-state index in [0.29, 0.717) is 11.1 Å². The monoisotopic (exact) mass is 457 g/mol. The molecule has 1 fully saturated rings. The molecular formula is C27H28ClN5. The van der Waals surface area contributed by atoms with Crippen LogP contribution in [0.1, 0.15) is 36.0 Å². The van der Waals surface area contributed by atoms with Gasteiger partial charge in [-0.3, -0.25) is 4.90 Å². The molecule has 2 heterocycles. The molecule has 168 valence electrons. The molecule has 5 rings (SSSR count). The Balaban J connectivity index is 1.40.